The number of methoxy groups -OCH3 is 1. The minimum Gasteiger partial charge on any atom is -0.381 e. The zero-order chi connectivity index (χ0) is 19.2. The van der Waals surface area contributed by atoms with Crippen molar-refractivity contribution in [2.24, 2.45) is 0 Å². The fourth-order valence-corrected chi connectivity index (χ4v) is 3.20. The van der Waals surface area contributed by atoms with E-state index in [-0.39, 0.29) is 5.91 Å². The molecule has 0 spiro atoms. The van der Waals surface area contributed by atoms with E-state index < -0.39 is 0 Å². The molecule has 27 heavy (non-hydrogen) atoms. The van der Waals surface area contributed by atoms with Crippen molar-refractivity contribution < 1.29 is 14.1 Å². The number of likely N-dealkylation sites (tertiary alicyclic amines) is 1. The molecule has 1 N–H and O–H groups in total. The van der Waals surface area contributed by atoms with Gasteiger partial charge in [0.05, 0.1) is 11.9 Å². The van der Waals surface area contributed by atoms with Gasteiger partial charge in [0, 0.05) is 46.4 Å². The molecule has 3 heterocycles. The van der Waals surface area contributed by atoms with E-state index in [4.69, 9.17) is 9.26 Å². The lowest BCUT2D eigenvalue weighted by Gasteiger charge is -2.20. The Morgan fingerprint density at radius 2 is 2.22 bits per heavy atom. The monoisotopic (exact) mass is 373 g/mol. The lowest BCUT2D eigenvalue weighted by molar-refractivity contribution is 0.0750. The van der Waals surface area contributed by atoms with Gasteiger partial charge in [0.25, 0.3) is 5.91 Å². The summed E-state index contributed by atoms with van der Waals surface area (Å²) in [6.07, 6.45) is 4.68. The molecule has 1 atom stereocenters. The van der Waals surface area contributed by atoms with E-state index >= 15 is 0 Å². The molecular formula is C19H27N5O3. The summed E-state index contributed by atoms with van der Waals surface area (Å²) < 4.78 is 10.1. The molecule has 0 aliphatic carbocycles. The van der Waals surface area contributed by atoms with Crippen molar-refractivity contribution in [1.29, 1.82) is 0 Å². The number of nitrogens with zero attached hydrogens (tertiary/aromatic N) is 4. The zero-order valence-electron chi connectivity index (χ0n) is 16.1. The van der Waals surface area contributed by atoms with Crippen molar-refractivity contribution in [2.75, 3.05) is 44.5 Å². The molecule has 0 radical (unpaired) electrons. The number of ether oxygens (including phenoxy) is 1. The molecule has 1 aliphatic rings. The molecule has 8 nitrogen and oxygen atoms in total. The number of carbonyl (C=O) groups excluding carboxylic acids is 1. The van der Waals surface area contributed by atoms with Crippen LogP contribution in [0.15, 0.2) is 28.9 Å². The standard InChI is InChI=1S/C19H27N5O3/c1-23(2)18-7-6-15(12-20-18)21-14-5-4-9-24(10-8-14)19(25)17-11-16(13-26-3)27-22-17/h6-7,11-12,14,21H,4-5,8-10,13H2,1-3H3/t14-/m0/s1. The molecule has 1 saturated heterocycles. The number of amides is 1. The van der Waals surface area contributed by atoms with E-state index in [0.717, 1.165) is 37.3 Å². The number of hydrogen-bond acceptors (Lipinski definition) is 7. The number of nitrogens with one attached hydrogen (secondary N) is 1. The smallest absolute Gasteiger partial charge is 0.276 e. The van der Waals surface area contributed by atoms with Gasteiger partial charge in [-0.15, -0.1) is 0 Å². The van der Waals surface area contributed by atoms with E-state index in [9.17, 15) is 4.79 Å². The van der Waals surface area contributed by atoms with E-state index in [0.29, 0.717) is 30.6 Å². The highest BCUT2D eigenvalue weighted by Gasteiger charge is 2.24. The second-order valence-electron chi connectivity index (χ2n) is 6.98. The summed E-state index contributed by atoms with van der Waals surface area (Å²) in [5.41, 5.74) is 1.35. The normalized spacial score (nSPS) is 17.4. The zero-order valence-corrected chi connectivity index (χ0v) is 16.1. The van der Waals surface area contributed by atoms with Crippen molar-refractivity contribution in [3.8, 4) is 0 Å². The highest BCUT2D eigenvalue weighted by Crippen LogP contribution is 2.19. The van der Waals surface area contributed by atoms with Crippen LogP contribution in [0.4, 0.5) is 11.5 Å². The summed E-state index contributed by atoms with van der Waals surface area (Å²) in [6, 6.07) is 6.01. The average molecular weight is 373 g/mol. The lowest BCUT2D eigenvalue weighted by atomic mass is 10.1. The van der Waals surface area contributed by atoms with Crippen LogP contribution in [0.3, 0.4) is 0 Å². The Kier molecular flexibility index (Phi) is 6.28. The molecule has 0 aromatic carbocycles. The van der Waals surface area contributed by atoms with Crippen molar-refractivity contribution in [1.82, 2.24) is 15.0 Å². The number of pyridine rings is 1. The van der Waals surface area contributed by atoms with Crippen LogP contribution in [-0.4, -0.2) is 61.3 Å². The van der Waals surface area contributed by atoms with Gasteiger partial charge >= 0.3 is 0 Å². The van der Waals surface area contributed by atoms with Gasteiger partial charge in [-0.25, -0.2) is 4.98 Å². The summed E-state index contributed by atoms with van der Waals surface area (Å²) in [6.45, 7) is 1.72. The quantitative estimate of drug-likeness (QED) is 0.832. The molecule has 146 valence electrons. The van der Waals surface area contributed by atoms with Crippen molar-refractivity contribution >= 4 is 17.4 Å². The fraction of sp³-hybridized carbons (Fsp3) is 0.526. The van der Waals surface area contributed by atoms with Gasteiger partial charge in [-0.2, -0.15) is 0 Å². The van der Waals surface area contributed by atoms with Gasteiger partial charge < -0.3 is 24.4 Å². The van der Waals surface area contributed by atoms with Crippen molar-refractivity contribution in [2.45, 2.75) is 31.9 Å². The van der Waals surface area contributed by atoms with E-state index in [1.165, 1.54) is 0 Å². The first kappa shape index (κ1) is 19.2. The Hall–Kier alpha value is -2.61. The first-order valence-electron chi connectivity index (χ1n) is 9.20. The van der Waals surface area contributed by atoms with E-state index in [2.05, 4.69) is 15.5 Å². The number of hydrogen-bond donors (Lipinski definition) is 1. The van der Waals surface area contributed by atoms with Crippen LogP contribution in [-0.2, 0) is 11.3 Å². The van der Waals surface area contributed by atoms with E-state index in [1.807, 2.05) is 42.2 Å². The van der Waals surface area contributed by atoms with Gasteiger partial charge in [0.15, 0.2) is 11.5 Å². The van der Waals surface area contributed by atoms with Crippen LogP contribution in [0, 0.1) is 0 Å². The molecular weight excluding hydrogens is 346 g/mol. The summed E-state index contributed by atoms with van der Waals surface area (Å²) in [5, 5.41) is 7.41. The summed E-state index contributed by atoms with van der Waals surface area (Å²) in [5.74, 6) is 1.40. The van der Waals surface area contributed by atoms with Crippen LogP contribution in [0.2, 0.25) is 0 Å². The van der Waals surface area contributed by atoms with Gasteiger partial charge in [-0.05, 0) is 31.4 Å². The first-order chi connectivity index (χ1) is 13.1. The highest BCUT2D eigenvalue weighted by molar-refractivity contribution is 5.92. The largest absolute Gasteiger partial charge is 0.381 e. The predicted molar refractivity (Wildman–Crippen MR) is 103 cm³/mol. The Balaban J connectivity index is 1.55. The molecule has 1 amide bonds. The van der Waals surface area contributed by atoms with Crippen LogP contribution < -0.4 is 10.2 Å². The van der Waals surface area contributed by atoms with Crippen molar-refractivity contribution in [3.63, 3.8) is 0 Å². The van der Waals surface area contributed by atoms with Gasteiger partial charge in [-0.1, -0.05) is 5.16 Å². The average Bonchev–Trinajstić information content (AvgIpc) is 3.00. The topological polar surface area (TPSA) is 83.7 Å². The Morgan fingerprint density at radius 1 is 1.37 bits per heavy atom. The summed E-state index contributed by atoms with van der Waals surface area (Å²) >= 11 is 0. The maximum absolute atomic E-state index is 12.7. The Morgan fingerprint density at radius 3 is 2.93 bits per heavy atom. The Bertz CT molecular complexity index is 744. The van der Waals surface area contributed by atoms with Gasteiger partial charge in [0.1, 0.15) is 12.4 Å². The minimum absolute atomic E-state index is 0.0845. The molecule has 1 aliphatic heterocycles. The maximum atomic E-state index is 12.7. The molecule has 2 aromatic rings. The number of anilines is 2. The third kappa shape index (κ3) is 4.97. The van der Waals surface area contributed by atoms with Gasteiger partial charge in [0.2, 0.25) is 0 Å². The third-order valence-corrected chi connectivity index (χ3v) is 4.66. The number of carbonyl (C=O) groups is 1. The first-order valence-corrected chi connectivity index (χ1v) is 9.20. The number of rotatable bonds is 6. The fourth-order valence-electron chi connectivity index (χ4n) is 3.20. The summed E-state index contributed by atoms with van der Waals surface area (Å²) in [7, 11) is 5.52. The maximum Gasteiger partial charge on any atom is 0.276 e. The molecule has 8 heteroatoms. The number of aromatic nitrogens is 2. The summed E-state index contributed by atoms with van der Waals surface area (Å²) in [4.78, 5) is 20.9. The van der Waals surface area contributed by atoms with E-state index in [1.54, 1.807) is 13.2 Å². The van der Waals surface area contributed by atoms with Crippen LogP contribution in [0.1, 0.15) is 35.5 Å². The van der Waals surface area contributed by atoms with Crippen molar-refractivity contribution in [3.05, 3.63) is 35.9 Å². The second kappa shape index (κ2) is 8.85. The van der Waals surface area contributed by atoms with Gasteiger partial charge in [-0.3, -0.25) is 4.79 Å². The molecule has 0 unspecified atom stereocenters. The molecule has 3 rings (SSSR count). The SMILES string of the molecule is COCc1cc(C(=O)N2CCC[C@H](Nc3ccc(N(C)C)nc3)CC2)no1. The second-order valence-corrected chi connectivity index (χ2v) is 6.98. The minimum atomic E-state index is -0.0845. The lowest BCUT2D eigenvalue weighted by Crippen LogP contribution is -2.32. The highest BCUT2D eigenvalue weighted by atomic mass is 16.5. The predicted octanol–water partition coefficient (Wildman–Crippen LogP) is 2.39. The molecule has 1 fully saturated rings. The third-order valence-electron chi connectivity index (χ3n) is 4.66. The molecule has 0 bridgehead atoms. The molecule has 0 saturated carbocycles. The van der Waals surface area contributed by atoms with Crippen LogP contribution in [0.25, 0.3) is 0 Å². The van der Waals surface area contributed by atoms with Crippen LogP contribution >= 0.6 is 0 Å². The van der Waals surface area contributed by atoms with Crippen LogP contribution in [0.5, 0.6) is 0 Å². The Labute approximate surface area is 159 Å². The molecule has 2 aromatic heterocycles.